The molecular weight excluding hydrogens is 512 g/mol. The highest BCUT2D eigenvalue weighted by Crippen LogP contribution is 2.49. The first-order valence-corrected chi connectivity index (χ1v) is 13.7. The van der Waals surface area contributed by atoms with E-state index in [0.29, 0.717) is 11.4 Å². The summed E-state index contributed by atoms with van der Waals surface area (Å²) in [6, 6.07) is 8.41. The molecule has 2 bridgehead atoms. The fourth-order valence-corrected chi connectivity index (χ4v) is 6.82. The Labute approximate surface area is 207 Å². The van der Waals surface area contributed by atoms with E-state index in [1.165, 1.54) is 37.4 Å². The summed E-state index contributed by atoms with van der Waals surface area (Å²) in [5.74, 6) is 5.38. The first kappa shape index (κ1) is 26.4. The summed E-state index contributed by atoms with van der Waals surface area (Å²) in [5.41, 5.74) is 0.489. The van der Waals surface area contributed by atoms with Gasteiger partial charge in [-0.05, 0) is 54.8 Å². The Morgan fingerprint density at radius 2 is 1.75 bits per heavy atom. The standard InChI is InChI=1S/C22H26N4O8S2/c1-11-7-13(4-6-17(11)36(33,34)26-23)35(31,32)18-5-3-12-8-14(18)22(12,2)21-24-9-15(25-21)19(29)20(30)16(28)10-27/h3-9,16,19-20,26-30H,10,23H2,1-2H3,(H,24,25)/t16-,19-,20-,22?/m1/s1. The molecule has 1 aromatic heterocycles. The Balaban J connectivity index is 1.71. The summed E-state index contributed by atoms with van der Waals surface area (Å²) in [6.45, 7) is 2.46. The van der Waals surface area contributed by atoms with Gasteiger partial charge in [0.05, 0.1) is 38.6 Å². The van der Waals surface area contributed by atoms with Crippen LogP contribution in [0.25, 0.3) is 0 Å². The van der Waals surface area contributed by atoms with Crippen molar-refractivity contribution in [3.63, 3.8) is 0 Å². The van der Waals surface area contributed by atoms with Crippen LogP contribution >= 0.6 is 0 Å². The van der Waals surface area contributed by atoms with Crippen LogP contribution in [-0.2, 0) is 25.3 Å². The molecule has 1 unspecified atom stereocenters. The number of nitrogens with one attached hydrogen (secondary N) is 2. The number of hydrazine groups is 1. The number of fused-ring (bicyclic) bond motifs is 2. The third-order valence-corrected chi connectivity index (χ3v) is 9.74. The van der Waals surface area contributed by atoms with Crippen LogP contribution in [0.5, 0.6) is 0 Å². The van der Waals surface area contributed by atoms with Crippen molar-refractivity contribution >= 4 is 19.9 Å². The maximum atomic E-state index is 13.6. The topological polar surface area (TPSA) is 216 Å². The highest BCUT2D eigenvalue weighted by molar-refractivity contribution is 7.91. The molecule has 36 heavy (non-hydrogen) atoms. The zero-order valence-electron chi connectivity index (χ0n) is 19.2. The minimum atomic E-state index is -4.07. The van der Waals surface area contributed by atoms with Crippen LogP contribution in [0.3, 0.4) is 0 Å². The fourth-order valence-electron chi connectivity index (χ4n) is 4.33. The largest absolute Gasteiger partial charge is 0.394 e. The zero-order valence-corrected chi connectivity index (χ0v) is 20.9. The molecule has 14 heteroatoms. The van der Waals surface area contributed by atoms with Gasteiger partial charge in [-0.3, -0.25) is 5.84 Å². The number of sulfone groups is 1. The Hall–Kier alpha value is -2.69. The highest BCUT2D eigenvalue weighted by atomic mass is 32.2. The van der Waals surface area contributed by atoms with Gasteiger partial charge in [-0.1, -0.05) is 12.1 Å². The van der Waals surface area contributed by atoms with Gasteiger partial charge in [-0.2, -0.15) is 4.83 Å². The van der Waals surface area contributed by atoms with Crippen molar-refractivity contribution in [2.75, 3.05) is 6.61 Å². The van der Waals surface area contributed by atoms with E-state index in [4.69, 9.17) is 10.9 Å². The van der Waals surface area contributed by atoms with E-state index in [1.54, 1.807) is 23.9 Å². The highest BCUT2D eigenvalue weighted by Gasteiger charge is 2.46. The Morgan fingerprint density at radius 1 is 1.08 bits per heavy atom. The molecular formula is C22H26N4O8S2. The molecule has 0 saturated carbocycles. The average molecular weight is 539 g/mol. The number of aliphatic hydroxyl groups is 4. The van der Waals surface area contributed by atoms with Crippen LogP contribution in [-0.4, -0.2) is 66.0 Å². The van der Waals surface area contributed by atoms with Crippen molar-refractivity contribution < 1.29 is 37.3 Å². The monoisotopic (exact) mass is 538 g/mol. The summed E-state index contributed by atoms with van der Waals surface area (Å²) in [6.07, 6.45) is -3.55. The Kier molecular flexibility index (Phi) is 6.60. The van der Waals surface area contributed by atoms with E-state index in [9.17, 15) is 32.2 Å². The van der Waals surface area contributed by atoms with E-state index >= 15 is 0 Å². The predicted octanol–water partition coefficient (Wildman–Crippen LogP) is -0.882. The molecule has 0 aliphatic heterocycles. The van der Waals surface area contributed by atoms with Crippen LogP contribution in [0, 0.1) is 6.92 Å². The number of hydrogen-bond acceptors (Lipinski definition) is 10. The lowest BCUT2D eigenvalue weighted by Crippen LogP contribution is -2.37. The molecule has 5 rings (SSSR count). The van der Waals surface area contributed by atoms with Crippen molar-refractivity contribution in [2.24, 2.45) is 5.84 Å². The summed E-state index contributed by atoms with van der Waals surface area (Å²) < 4.78 is 51.2. The van der Waals surface area contributed by atoms with Gasteiger partial charge in [0.1, 0.15) is 24.1 Å². The van der Waals surface area contributed by atoms with Crippen molar-refractivity contribution in [1.29, 1.82) is 0 Å². The van der Waals surface area contributed by atoms with Crippen LogP contribution in [0.1, 0.15) is 41.2 Å². The molecule has 2 aliphatic carbocycles. The van der Waals surface area contributed by atoms with Crippen molar-refractivity contribution in [1.82, 2.24) is 14.8 Å². The number of sulfonamides is 1. The van der Waals surface area contributed by atoms with E-state index in [-0.39, 0.29) is 25.9 Å². The molecule has 2 aromatic carbocycles. The maximum Gasteiger partial charge on any atom is 0.253 e. The fraction of sp³-hybridized carbons (Fsp3) is 0.318. The van der Waals surface area contributed by atoms with Gasteiger partial charge < -0.3 is 25.4 Å². The molecule has 4 atom stereocenters. The zero-order chi connectivity index (χ0) is 26.6. The third kappa shape index (κ3) is 3.95. The van der Waals surface area contributed by atoms with E-state index in [1.807, 2.05) is 0 Å². The number of nitrogens with zero attached hydrogens (tertiary/aromatic N) is 1. The smallest absolute Gasteiger partial charge is 0.253 e. The van der Waals surface area contributed by atoms with Gasteiger partial charge in [0.25, 0.3) is 10.0 Å². The molecule has 0 saturated heterocycles. The number of aromatic nitrogens is 2. The van der Waals surface area contributed by atoms with Crippen molar-refractivity contribution in [2.45, 2.75) is 52.3 Å². The molecule has 3 aromatic rings. The number of H-pyrrole nitrogens is 1. The van der Waals surface area contributed by atoms with Gasteiger partial charge >= 0.3 is 0 Å². The van der Waals surface area contributed by atoms with Gasteiger partial charge in [0.2, 0.25) is 9.84 Å². The second kappa shape index (κ2) is 9.00. The second-order valence-electron chi connectivity index (χ2n) is 8.76. The molecule has 194 valence electrons. The van der Waals surface area contributed by atoms with Crippen molar-refractivity contribution in [3.8, 4) is 0 Å². The number of aryl methyl sites for hydroxylation is 1. The number of aliphatic hydroxyl groups excluding tert-OH is 4. The molecule has 1 heterocycles. The molecule has 12 nitrogen and oxygen atoms in total. The SMILES string of the molecule is Cc1cc(S(=O)(=O)c2ccc3cc2C3(C)c2ncc([C@@H](O)[C@H](O)[C@H](O)CO)[nH]2)ccc1S(=O)(=O)NN. The number of nitrogens with two attached hydrogens (primary N) is 1. The quantitative estimate of drug-likeness (QED) is 0.132. The van der Waals surface area contributed by atoms with Crippen LogP contribution in [0.4, 0.5) is 0 Å². The lowest BCUT2D eigenvalue weighted by molar-refractivity contribution is -0.0788. The molecule has 8 N–H and O–H groups in total. The van der Waals surface area contributed by atoms with E-state index < -0.39 is 50.2 Å². The minimum Gasteiger partial charge on any atom is -0.394 e. The summed E-state index contributed by atoms with van der Waals surface area (Å²) in [7, 11) is -8.05. The van der Waals surface area contributed by atoms with Crippen LogP contribution in [0.15, 0.2) is 57.3 Å². The lowest BCUT2D eigenvalue weighted by Gasteiger charge is -2.39. The molecule has 0 radical (unpaired) electrons. The third-order valence-electron chi connectivity index (χ3n) is 6.58. The predicted molar refractivity (Wildman–Crippen MR) is 126 cm³/mol. The number of aromatic amines is 1. The van der Waals surface area contributed by atoms with Crippen LogP contribution in [0.2, 0.25) is 0 Å². The first-order chi connectivity index (χ1) is 16.8. The van der Waals surface area contributed by atoms with Crippen molar-refractivity contribution in [3.05, 3.63) is 70.8 Å². The summed E-state index contributed by atoms with van der Waals surface area (Å²) >= 11 is 0. The average Bonchev–Trinajstić information content (AvgIpc) is 3.37. The summed E-state index contributed by atoms with van der Waals surface area (Å²) in [5, 5.41) is 39.0. The van der Waals surface area contributed by atoms with Gasteiger partial charge in [0, 0.05) is 0 Å². The Bertz CT molecular complexity index is 1530. The Morgan fingerprint density at radius 3 is 2.33 bits per heavy atom. The second-order valence-corrected chi connectivity index (χ2v) is 12.4. The molecule has 0 spiro atoms. The summed E-state index contributed by atoms with van der Waals surface area (Å²) in [4.78, 5) is 8.63. The lowest BCUT2D eigenvalue weighted by atomic mass is 9.66. The number of rotatable bonds is 9. The van der Waals surface area contributed by atoms with E-state index in [0.717, 1.165) is 5.56 Å². The normalized spacial score (nSPS) is 20.0. The number of hydrogen-bond donors (Lipinski definition) is 7. The molecule has 0 fully saturated rings. The van der Waals surface area contributed by atoms with Crippen LogP contribution < -0.4 is 10.7 Å². The van der Waals surface area contributed by atoms with Gasteiger partial charge in [0.15, 0.2) is 0 Å². The number of imidazole rings is 1. The number of benzene rings is 2. The minimum absolute atomic E-state index is 0.00110. The van der Waals surface area contributed by atoms with Gasteiger partial charge in [-0.15, -0.1) is 0 Å². The van der Waals surface area contributed by atoms with Gasteiger partial charge in [-0.25, -0.2) is 21.8 Å². The van der Waals surface area contributed by atoms with E-state index in [2.05, 4.69) is 9.97 Å². The molecule has 0 amide bonds. The first-order valence-electron chi connectivity index (χ1n) is 10.7. The maximum absolute atomic E-state index is 13.6. The molecule has 2 aliphatic rings.